The molecule has 5 rings (SSSR count). The highest BCUT2D eigenvalue weighted by atomic mass is 19.1. The van der Waals surface area contributed by atoms with E-state index in [4.69, 9.17) is 0 Å². The van der Waals surface area contributed by atoms with Crippen LogP contribution in [0.5, 0.6) is 5.75 Å². The number of likely N-dealkylation sites (N-methyl/N-ethyl adjacent to an activating group) is 1. The molecule has 0 aliphatic carbocycles. The fraction of sp³-hybridized carbons (Fsp3) is 0.414. The Morgan fingerprint density at radius 1 is 1.00 bits per heavy atom. The Bertz CT molecular complexity index is 1610. The smallest absolute Gasteiger partial charge is 0.355 e. The van der Waals surface area contributed by atoms with Crippen molar-refractivity contribution < 1.29 is 13.9 Å². The number of piperazine rings is 1. The van der Waals surface area contributed by atoms with Crippen molar-refractivity contribution in [2.24, 2.45) is 0 Å². The molecule has 1 atom stereocenters. The lowest BCUT2D eigenvalue weighted by Crippen LogP contribution is -2.51. The molecule has 210 valence electrons. The number of phenolic OH excluding ortho intramolecular Hbond substituents is 1. The van der Waals surface area contributed by atoms with Crippen molar-refractivity contribution in [2.45, 2.75) is 52.5 Å². The van der Waals surface area contributed by atoms with E-state index in [1.54, 1.807) is 0 Å². The number of benzene rings is 1. The average molecular weight is 550 g/mol. The Morgan fingerprint density at radius 3 is 2.27 bits per heavy atom. The van der Waals surface area contributed by atoms with Gasteiger partial charge in [-0.15, -0.1) is 0 Å². The van der Waals surface area contributed by atoms with E-state index in [0.717, 1.165) is 19.2 Å². The topological polar surface area (TPSA) is 100 Å². The Kier molecular flexibility index (Phi) is 7.26. The maximum absolute atomic E-state index is 15.8. The lowest BCUT2D eigenvalue weighted by atomic mass is 10.0. The largest absolute Gasteiger partial charge is 0.507 e. The van der Waals surface area contributed by atoms with Gasteiger partial charge < -0.3 is 14.9 Å². The second-order valence-electron chi connectivity index (χ2n) is 11.0. The molecule has 4 aromatic rings. The third-order valence-corrected chi connectivity index (χ3v) is 7.33. The van der Waals surface area contributed by atoms with Gasteiger partial charge in [-0.25, -0.2) is 33.1 Å². The summed E-state index contributed by atoms with van der Waals surface area (Å²) < 4.78 is 32.1. The molecule has 1 N–H and O–H groups in total. The summed E-state index contributed by atoms with van der Waals surface area (Å²) in [4.78, 5) is 36.2. The van der Waals surface area contributed by atoms with E-state index in [1.165, 1.54) is 29.1 Å². The molecular formula is C29H33F2N7O2. The van der Waals surface area contributed by atoms with Gasteiger partial charge in [-0.05, 0) is 44.0 Å². The fourth-order valence-corrected chi connectivity index (χ4v) is 5.38. The van der Waals surface area contributed by atoms with E-state index >= 15 is 4.39 Å². The van der Waals surface area contributed by atoms with Crippen molar-refractivity contribution >= 4 is 16.9 Å². The van der Waals surface area contributed by atoms with Gasteiger partial charge in [-0.3, -0.25) is 0 Å². The average Bonchev–Trinajstić information content (AvgIpc) is 2.88. The molecule has 1 saturated heterocycles. The Labute approximate surface area is 231 Å². The first-order valence-electron chi connectivity index (χ1n) is 13.4. The Balaban J connectivity index is 1.93. The van der Waals surface area contributed by atoms with Crippen molar-refractivity contribution in [1.82, 2.24) is 29.4 Å². The molecule has 0 amide bonds. The van der Waals surface area contributed by atoms with Gasteiger partial charge in [0.25, 0.3) is 0 Å². The van der Waals surface area contributed by atoms with Crippen LogP contribution in [0.4, 0.5) is 14.6 Å². The maximum atomic E-state index is 15.8. The van der Waals surface area contributed by atoms with Gasteiger partial charge in [-0.2, -0.15) is 4.98 Å². The van der Waals surface area contributed by atoms with Crippen LogP contribution in [0.2, 0.25) is 0 Å². The predicted molar refractivity (Wildman–Crippen MR) is 150 cm³/mol. The number of hydrogen-bond acceptors (Lipinski definition) is 8. The molecule has 1 aliphatic rings. The number of anilines is 1. The first-order valence-corrected chi connectivity index (χ1v) is 13.4. The molecule has 0 spiro atoms. The van der Waals surface area contributed by atoms with E-state index in [-0.39, 0.29) is 29.1 Å². The van der Waals surface area contributed by atoms with Gasteiger partial charge in [0.05, 0.1) is 28.0 Å². The van der Waals surface area contributed by atoms with Crippen LogP contribution in [0, 0.1) is 11.6 Å². The first-order chi connectivity index (χ1) is 19.0. The zero-order chi connectivity index (χ0) is 28.9. The van der Waals surface area contributed by atoms with Crippen molar-refractivity contribution in [3.05, 3.63) is 64.1 Å². The van der Waals surface area contributed by atoms with Crippen LogP contribution in [-0.2, 0) is 0 Å². The predicted octanol–water partition coefficient (Wildman–Crippen LogP) is 4.61. The molecule has 40 heavy (non-hydrogen) atoms. The fourth-order valence-electron chi connectivity index (χ4n) is 5.38. The molecule has 0 bridgehead atoms. The second-order valence-corrected chi connectivity index (χ2v) is 11.0. The van der Waals surface area contributed by atoms with Gasteiger partial charge >= 0.3 is 5.69 Å². The molecule has 11 heteroatoms. The minimum atomic E-state index is -0.847. The van der Waals surface area contributed by atoms with Crippen LogP contribution in [0.3, 0.4) is 0 Å². The molecule has 0 radical (unpaired) electrons. The summed E-state index contributed by atoms with van der Waals surface area (Å²) in [5, 5.41) is 10.8. The van der Waals surface area contributed by atoms with Crippen molar-refractivity contribution in [2.75, 3.05) is 31.6 Å². The van der Waals surface area contributed by atoms with E-state index in [1.807, 2.05) is 46.6 Å². The molecular weight excluding hydrogens is 516 g/mol. The third kappa shape index (κ3) is 4.68. The van der Waals surface area contributed by atoms with Crippen molar-refractivity contribution in [1.29, 1.82) is 0 Å². The van der Waals surface area contributed by atoms with Crippen LogP contribution in [0.15, 0.2) is 35.4 Å². The van der Waals surface area contributed by atoms with Crippen LogP contribution < -0.4 is 10.6 Å². The maximum Gasteiger partial charge on any atom is 0.355 e. The van der Waals surface area contributed by atoms with Crippen LogP contribution in [-0.4, -0.2) is 67.2 Å². The summed E-state index contributed by atoms with van der Waals surface area (Å²) in [6.07, 6.45) is 1.46. The minimum Gasteiger partial charge on any atom is -0.507 e. The molecule has 3 aromatic heterocycles. The highest BCUT2D eigenvalue weighted by Crippen LogP contribution is 2.37. The standard InChI is InChI=1S/C29H33F2N7O2/c1-15(2)23-26(24(16(3)4)33-14-32-23)38-28-18(27(35-29(38)40)37-11-10-36(6)13-17(37)5)12-20(31)25(34-28)22-19(30)8-7-9-21(22)39/h7-9,12,14-17,39H,10-11,13H2,1-6H3. The summed E-state index contributed by atoms with van der Waals surface area (Å²) in [7, 11) is 2.02. The van der Waals surface area contributed by atoms with Gasteiger partial charge in [0.15, 0.2) is 11.5 Å². The highest BCUT2D eigenvalue weighted by Gasteiger charge is 2.30. The number of fused-ring (bicyclic) bond motifs is 1. The summed E-state index contributed by atoms with van der Waals surface area (Å²) in [5.74, 6) is -2.02. The summed E-state index contributed by atoms with van der Waals surface area (Å²) in [5.41, 5.74) is 0.292. The number of nitrogens with zero attached hydrogens (tertiary/aromatic N) is 7. The lowest BCUT2D eigenvalue weighted by Gasteiger charge is -2.39. The van der Waals surface area contributed by atoms with Crippen molar-refractivity contribution in [3.8, 4) is 22.7 Å². The summed E-state index contributed by atoms with van der Waals surface area (Å²) >= 11 is 0. The molecule has 1 fully saturated rings. The molecule has 1 aliphatic heterocycles. The lowest BCUT2D eigenvalue weighted by molar-refractivity contribution is 0.275. The molecule has 1 unspecified atom stereocenters. The number of aromatic nitrogens is 5. The molecule has 0 saturated carbocycles. The van der Waals surface area contributed by atoms with Gasteiger partial charge in [0.1, 0.15) is 29.4 Å². The first kappa shape index (κ1) is 27.6. The molecule has 9 nitrogen and oxygen atoms in total. The summed E-state index contributed by atoms with van der Waals surface area (Å²) in [6, 6.07) is 4.92. The zero-order valence-corrected chi connectivity index (χ0v) is 23.5. The van der Waals surface area contributed by atoms with E-state index in [2.05, 4.69) is 24.8 Å². The molecule has 1 aromatic carbocycles. The third-order valence-electron chi connectivity index (χ3n) is 7.33. The number of aromatic hydroxyl groups is 1. The van der Waals surface area contributed by atoms with E-state index in [9.17, 15) is 14.3 Å². The van der Waals surface area contributed by atoms with E-state index < -0.39 is 28.8 Å². The van der Waals surface area contributed by atoms with Gasteiger partial charge in [0.2, 0.25) is 0 Å². The number of pyridine rings is 1. The Morgan fingerprint density at radius 2 is 1.68 bits per heavy atom. The van der Waals surface area contributed by atoms with Crippen LogP contribution in [0.1, 0.15) is 57.8 Å². The van der Waals surface area contributed by atoms with Gasteiger partial charge in [-0.1, -0.05) is 33.8 Å². The number of rotatable bonds is 5. The van der Waals surface area contributed by atoms with Crippen molar-refractivity contribution in [3.63, 3.8) is 0 Å². The number of halogens is 2. The highest BCUT2D eigenvalue weighted by molar-refractivity contribution is 5.91. The van der Waals surface area contributed by atoms with E-state index in [0.29, 0.717) is 34.8 Å². The molecule has 4 heterocycles. The van der Waals surface area contributed by atoms with Crippen LogP contribution in [0.25, 0.3) is 28.0 Å². The quantitative estimate of drug-likeness (QED) is 0.385. The summed E-state index contributed by atoms with van der Waals surface area (Å²) in [6.45, 7) is 11.9. The normalized spacial score (nSPS) is 16.4. The minimum absolute atomic E-state index is 0.0134. The monoisotopic (exact) mass is 549 g/mol. The van der Waals surface area contributed by atoms with Crippen LogP contribution >= 0.6 is 0 Å². The SMILES string of the molecule is CC(C)c1ncnc(C(C)C)c1-n1c(=O)nc(N2CCN(C)CC2C)c2cc(F)c(-c3c(O)cccc3F)nc21. The van der Waals surface area contributed by atoms with Gasteiger partial charge in [0, 0.05) is 25.7 Å². The second kappa shape index (κ2) is 10.5. The number of phenols is 1. The number of hydrogen-bond donors (Lipinski definition) is 1. The Hall–Kier alpha value is -3.99. The zero-order valence-electron chi connectivity index (χ0n) is 23.5.